The molecule has 3 rings (SSSR count). The van der Waals surface area contributed by atoms with Gasteiger partial charge in [-0.15, -0.1) is 0 Å². The number of hydrogen-bond donors (Lipinski definition) is 1. The Balaban J connectivity index is 1.65. The zero-order valence-electron chi connectivity index (χ0n) is 14.3. The van der Waals surface area contributed by atoms with E-state index in [9.17, 15) is 9.59 Å². The van der Waals surface area contributed by atoms with Gasteiger partial charge in [0.25, 0.3) is 0 Å². The van der Waals surface area contributed by atoms with Gasteiger partial charge in [-0.1, -0.05) is 47.6 Å². The lowest BCUT2D eigenvalue weighted by Gasteiger charge is -2.10. The van der Waals surface area contributed by atoms with Crippen molar-refractivity contribution in [2.24, 2.45) is 0 Å². The zero-order valence-corrected chi connectivity index (χ0v) is 14.3. The fourth-order valence-electron chi connectivity index (χ4n) is 2.45. The van der Waals surface area contributed by atoms with Crippen LogP contribution in [0.15, 0.2) is 65.2 Å². The maximum Gasteiger partial charge on any atom is 0.340 e. The Kier molecular flexibility index (Phi) is 5.43. The van der Waals surface area contributed by atoms with Crippen LogP contribution in [0.1, 0.15) is 27.4 Å². The van der Waals surface area contributed by atoms with Crippen LogP contribution in [0, 0.1) is 6.92 Å². The number of esters is 1. The van der Waals surface area contributed by atoms with Gasteiger partial charge < -0.3 is 14.6 Å². The van der Waals surface area contributed by atoms with Crippen LogP contribution in [-0.2, 0) is 22.6 Å². The van der Waals surface area contributed by atoms with Gasteiger partial charge in [0.05, 0.1) is 17.7 Å². The lowest BCUT2D eigenvalue weighted by molar-refractivity contribution is -0.115. The molecule has 26 heavy (non-hydrogen) atoms. The molecule has 0 atom stereocenters. The Morgan fingerprint density at radius 2 is 1.81 bits per heavy atom. The van der Waals surface area contributed by atoms with Crippen molar-refractivity contribution in [3.63, 3.8) is 0 Å². The summed E-state index contributed by atoms with van der Waals surface area (Å²) < 4.78 is 10.2. The Morgan fingerprint density at radius 1 is 1.08 bits per heavy atom. The van der Waals surface area contributed by atoms with E-state index in [0.29, 0.717) is 17.1 Å². The molecule has 0 aliphatic heterocycles. The number of anilines is 1. The first kappa shape index (κ1) is 17.4. The molecule has 0 radical (unpaired) electrons. The van der Waals surface area contributed by atoms with Crippen molar-refractivity contribution < 1.29 is 18.8 Å². The van der Waals surface area contributed by atoms with Crippen molar-refractivity contribution in [2.75, 3.05) is 5.32 Å². The smallest absolute Gasteiger partial charge is 0.340 e. The second kappa shape index (κ2) is 8.11. The number of aryl methyl sites for hydroxylation is 1. The lowest BCUT2D eigenvalue weighted by Crippen LogP contribution is -2.17. The van der Waals surface area contributed by atoms with E-state index < -0.39 is 5.97 Å². The van der Waals surface area contributed by atoms with E-state index in [1.54, 1.807) is 37.3 Å². The van der Waals surface area contributed by atoms with Crippen LogP contribution in [0.2, 0.25) is 0 Å². The third-order valence-electron chi connectivity index (χ3n) is 3.66. The largest absolute Gasteiger partial charge is 0.455 e. The first-order valence-corrected chi connectivity index (χ1v) is 8.14. The number of ether oxygens (including phenoxy) is 1. The normalized spacial score (nSPS) is 10.3. The van der Waals surface area contributed by atoms with Crippen molar-refractivity contribution in [2.45, 2.75) is 20.0 Å². The first-order valence-electron chi connectivity index (χ1n) is 8.14. The number of carbonyl (C=O) groups excluding carboxylic acids is 2. The van der Waals surface area contributed by atoms with Crippen LogP contribution in [0.5, 0.6) is 0 Å². The van der Waals surface area contributed by atoms with Gasteiger partial charge in [-0.3, -0.25) is 4.79 Å². The molecule has 0 saturated carbocycles. The van der Waals surface area contributed by atoms with Gasteiger partial charge >= 0.3 is 5.97 Å². The van der Waals surface area contributed by atoms with Gasteiger partial charge in [0.1, 0.15) is 18.1 Å². The Morgan fingerprint density at radius 3 is 2.54 bits per heavy atom. The number of benzene rings is 2. The van der Waals surface area contributed by atoms with Gasteiger partial charge in [0, 0.05) is 6.07 Å². The minimum Gasteiger partial charge on any atom is -0.455 e. The minimum absolute atomic E-state index is 0.00245. The average molecular weight is 350 g/mol. The van der Waals surface area contributed by atoms with E-state index >= 15 is 0 Å². The standard InChI is InChI=1S/C20H18N2O4/c1-14-11-16(22-26-14)13-25-20(24)17-9-5-6-10-18(17)21-19(23)12-15-7-3-2-4-8-15/h2-11H,12-13H2,1H3,(H,21,23). The molecule has 1 N–H and O–H groups in total. The fourth-order valence-corrected chi connectivity index (χ4v) is 2.45. The second-order valence-electron chi connectivity index (χ2n) is 5.76. The van der Waals surface area contributed by atoms with Crippen molar-refractivity contribution in [1.82, 2.24) is 5.16 Å². The molecule has 1 heterocycles. The summed E-state index contributed by atoms with van der Waals surface area (Å²) in [4.78, 5) is 24.6. The number of nitrogens with zero attached hydrogens (tertiary/aromatic N) is 1. The number of aromatic nitrogens is 1. The third kappa shape index (κ3) is 4.57. The van der Waals surface area contributed by atoms with E-state index in [-0.39, 0.29) is 24.5 Å². The van der Waals surface area contributed by atoms with Gasteiger partial charge in [0.15, 0.2) is 0 Å². The number of para-hydroxylation sites is 1. The van der Waals surface area contributed by atoms with Gasteiger partial charge in [0.2, 0.25) is 5.91 Å². The molecule has 0 unspecified atom stereocenters. The van der Waals surface area contributed by atoms with Gasteiger partial charge in [-0.05, 0) is 24.6 Å². The molecule has 0 bridgehead atoms. The monoisotopic (exact) mass is 350 g/mol. The molecular formula is C20H18N2O4. The summed E-state index contributed by atoms with van der Waals surface area (Å²) in [6.07, 6.45) is 0.225. The quantitative estimate of drug-likeness (QED) is 0.688. The average Bonchev–Trinajstić information content (AvgIpc) is 3.06. The minimum atomic E-state index is -0.540. The summed E-state index contributed by atoms with van der Waals surface area (Å²) in [7, 11) is 0. The molecular weight excluding hydrogens is 332 g/mol. The Labute approximate surface area is 150 Å². The first-order chi connectivity index (χ1) is 12.6. The Bertz CT molecular complexity index is 903. The maximum absolute atomic E-state index is 12.4. The highest BCUT2D eigenvalue weighted by atomic mass is 16.5. The number of rotatable bonds is 6. The van der Waals surface area contributed by atoms with Crippen LogP contribution in [0.3, 0.4) is 0 Å². The van der Waals surface area contributed by atoms with Crippen molar-refractivity contribution in [3.8, 4) is 0 Å². The lowest BCUT2D eigenvalue weighted by atomic mass is 10.1. The molecule has 0 fully saturated rings. The van der Waals surface area contributed by atoms with E-state index in [0.717, 1.165) is 5.56 Å². The maximum atomic E-state index is 12.4. The van der Waals surface area contributed by atoms with Gasteiger partial charge in [-0.2, -0.15) is 0 Å². The number of amides is 1. The molecule has 1 aromatic heterocycles. The predicted molar refractivity (Wildman–Crippen MR) is 95.6 cm³/mol. The summed E-state index contributed by atoms with van der Waals surface area (Å²) in [5.41, 5.74) is 2.12. The second-order valence-corrected chi connectivity index (χ2v) is 5.76. The van der Waals surface area contributed by atoms with E-state index in [1.807, 2.05) is 30.3 Å². The summed E-state index contributed by atoms with van der Waals surface area (Å²) in [5.74, 6) is -0.102. The van der Waals surface area contributed by atoms with E-state index in [4.69, 9.17) is 9.26 Å². The molecule has 0 aliphatic rings. The van der Waals surface area contributed by atoms with Crippen LogP contribution in [0.4, 0.5) is 5.69 Å². The topological polar surface area (TPSA) is 81.4 Å². The number of carbonyl (C=O) groups is 2. The van der Waals surface area contributed by atoms with Crippen LogP contribution >= 0.6 is 0 Å². The van der Waals surface area contributed by atoms with Crippen LogP contribution in [0.25, 0.3) is 0 Å². The SMILES string of the molecule is Cc1cc(COC(=O)c2ccccc2NC(=O)Cc2ccccc2)no1. The number of hydrogen-bond acceptors (Lipinski definition) is 5. The summed E-state index contributed by atoms with van der Waals surface area (Å²) >= 11 is 0. The molecule has 2 aromatic carbocycles. The molecule has 132 valence electrons. The van der Waals surface area contributed by atoms with Crippen LogP contribution < -0.4 is 5.32 Å². The van der Waals surface area contributed by atoms with Crippen molar-refractivity contribution >= 4 is 17.6 Å². The van der Waals surface area contributed by atoms with E-state index in [1.165, 1.54) is 0 Å². The molecule has 0 aliphatic carbocycles. The summed E-state index contributed by atoms with van der Waals surface area (Å²) in [5, 5.41) is 6.55. The predicted octanol–water partition coefficient (Wildman–Crippen LogP) is 3.52. The highest BCUT2D eigenvalue weighted by molar-refractivity contribution is 6.01. The highest BCUT2D eigenvalue weighted by Crippen LogP contribution is 2.17. The van der Waals surface area contributed by atoms with Crippen molar-refractivity contribution in [3.05, 3.63) is 83.2 Å². The van der Waals surface area contributed by atoms with Gasteiger partial charge in [-0.25, -0.2) is 4.79 Å². The zero-order chi connectivity index (χ0) is 18.4. The summed E-state index contributed by atoms with van der Waals surface area (Å²) in [6, 6.07) is 17.8. The highest BCUT2D eigenvalue weighted by Gasteiger charge is 2.15. The van der Waals surface area contributed by atoms with E-state index in [2.05, 4.69) is 10.5 Å². The molecule has 0 spiro atoms. The molecule has 3 aromatic rings. The van der Waals surface area contributed by atoms with Crippen molar-refractivity contribution in [1.29, 1.82) is 0 Å². The Hall–Kier alpha value is -3.41. The molecule has 6 heteroatoms. The molecule has 1 amide bonds. The summed E-state index contributed by atoms with van der Waals surface area (Å²) in [6.45, 7) is 1.76. The third-order valence-corrected chi connectivity index (χ3v) is 3.66. The number of nitrogens with one attached hydrogen (secondary N) is 1. The fraction of sp³-hybridized carbons (Fsp3) is 0.150. The molecule has 6 nitrogen and oxygen atoms in total. The molecule has 0 saturated heterocycles. The van der Waals surface area contributed by atoms with Crippen LogP contribution in [-0.4, -0.2) is 17.0 Å².